The third-order valence-corrected chi connectivity index (χ3v) is 3.53. The number of H-pyrrole nitrogens is 1. The van der Waals surface area contributed by atoms with Crippen LogP contribution in [0.1, 0.15) is 33.7 Å². The third-order valence-electron chi connectivity index (χ3n) is 3.24. The van der Waals surface area contributed by atoms with Gasteiger partial charge in [-0.1, -0.05) is 26.8 Å². The summed E-state index contributed by atoms with van der Waals surface area (Å²) >= 11 is 5.34. The van der Waals surface area contributed by atoms with Crippen molar-refractivity contribution in [2.24, 2.45) is 5.41 Å². The molecule has 96 valence electrons. The first-order chi connectivity index (χ1) is 8.41. The summed E-state index contributed by atoms with van der Waals surface area (Å²) in [7, 11) is 0. The van der Waals surface area contributed by atoms with Gasteiger partial charge in [0.25, 0.3) is 0 Å². The Hall–Kier alpha value is -1.49. The largest absolute Gasteiger partial charge is 0.295 e. The minimum Gasteiger partial charge on any atom is -0.295 e. The van der Waals surface area contributed by atoms with Crippen LogP contribution in [0.25, 0.3) is 11.5 Å². The van der Waals surface area contributed by atoms with E-state index in [0.29, 0.717) is 4.77 Å². The monoisotopic (exact) mass is 262 g/mol. The van der Waals surface area contributed by atoms with Crippen LogP contribution in [-0.4, -0.2) is 19.7 Å². The molecule has 1 N–H and O–H groups in total. The van der Waals surface area contributed by atoms with Crippen LogP contribution in [0.15, 0.2) is 24.4 Å². The lowest BCUT2D eigenvalue weighted by molar-refractivity contribution is 0.262. The van der Waals surface area contributed by atoms with Crippen molar-refractivity contribution >= 4 is 12.2 Å². The van der Waals surface area contributed by atoms with Crippen molar-refractivity contribution in [2.45, 2.75) is 33.7 Å². The first kappa shape index (κ1) is 13.0. The SMILES string of the molecule is CC(n1c(-c2ccccn2)n[nH]c1=S)C(C)(C)C. The summed E-state index contributed by atoms with van der Waals surface area (Å²) in [6.07, 6.45) is 1.76. The van der Waals surface area contributed by atoms with Crippen molar-refractivity contribution in [3.63, 3.8) is 0 Å². The molecule has 18 heavy (non-hydrogen) atoms. The zero-order valence-electron chi connectivity index (χ0n) is 11.1. The zero-order chi connectivity index (χ0) is 13.3. The molecule has 0 radical (unpaired) electrons. The summed E-state index contributed by atoms with van der Waals surface area (Å²) < 4.78 is 2.68. The van der Waals surface area contributed by atoms with Crippen molar-refractivity contribution in [3.8, 4) is 11.5 Å². The van der Waals surface area contributed by atoms with E-state index in [1.165, 1.54) is 0 Å². The van der Waals surface area contributed by atoms with Gasteiger partial charge in [-0.05, 0) is 36.7 Å². The summed E-state index contributed by atoms with van der Waals surface area (Å²) in [5, 5.41) is 7.17. The zero-order valence-corrected chi connectivity index (χ0v) is 12.0. The Morgan fingerprint density at radius 1 is 1.33 bits per heavy atom. The van der Waals surface area contributed by atoms with E-state index in [4.69, 9.17) is 12.2 Å². The highest BCUT2D eigenvalue weighted by Crippen LogP contribution is 2.32. The van der Waals surface area contributed by atoms with Crippen molar-refractivity contribution in [1.82, 2.24) is 19.7 Å². The molecule has 2 aromatic rings. The van der Waals surface area contributed by atoms with E-state index in [-0.39, 0.29) is 11.5 Å². The van der Waals surface area contributed by atoms with E-state index in [1.54, 1.807) is 6.20 Å². The molecular weight excluding hydrogens is 244 g/mol. The van der Waals surface area contributed by atoms with Crippen molar-refractivity contribution in [1.29, 1.82) is 0 Å². The van der Waals surface area contributed by atoms with Gasteiger partial charge in [0.1, 0.15) is 5.69 Å². The Bertz CT molecular complexity index is 577. The Balaban J connectivity index is 2.56. The second-order valence-electron chi connectivity index (χ2n) is 5.48. The van der Waals surface area contributed by atoms with Gasteiger partial charge < -0.3 is 0 Å². The van der Waals surface area contributed by atoms with Crippen LogP contribution in [0, 0.1) is 10.2 Å². The molecule has 2 heterocycles. The lowest BCUT2D eigenvalue weighted by atomic mass is 9.88. The fourth-order valence-corrected chi connectivity index (χ4v) is 2.02. The Labute approximate surface area is 112 Å². The van der Waals surface area contributed by atoms with Gasteiger partial charge in [-0.3, -0.25) is 14.6 Å². The Morgan fingerprint density at radius 2 is 2.06 bits per heavy atom. The van der Waals surface area contributed by atoms with Crippen LogP contribution in [0.3, 0.4) is 0 Å². The van der Waals surface area contributed by atoms with Gasteiger partial charge in [-0.2, -0.15) is 5.10 Å². The molecule has 0 aliphatic carbocycles. The minimum atomic E-state index is 0.103. The Kier molecular flexibility index (Phi) is 3.34. The topological polar surface area (TPSA) is 46.5 Å². The fourth-order valence-electron chi connectivity index (χ4n) is 1.73. The minimum absolute atomic E-state index is 0.103. The average Bonchev–Trinajstić information content (AvgIpc) is 2.70. The first-order valence-corrected chi connectivity index (χ1v) is 6.40. The number of pyridine rings is 1. The van der Waals surface area contributed by atoms with Crippen LogP contribution in [0.4, 0.5) is 0 Å². The van der Waals surface area contributed by atoms with Crippen LogP contribution < -0.4 is 0 Å². The Morgan fingerprint density at radius 3 is 2.61 bits per heavy atom. The number of aromatic amines is 1. The second-order valence-corrected chi connectivity index (χ2v) is 5.87. The van der Waals surface area contributed by atoms with Crippen molar-refractivity contribution in [2.75, 3.05) is 0 Å². The first-order valence-electron chi connectivity index (χ1n) is 5.99. The molecule has 2 rings (SSSR count). The molecule has 0 spiro atoms. The highest BCUT2D eigenvalue weighted by molar-refractivity contribution is 7.71. The standard InChI is InChI=1S/C13H18N4S/c1-9(13(2,3)4)17-11(15-16-12(17)18)10-7-5-6-8-14-10/h5-9H,1-4H3,(H,16,18). The number of aromatic nitrogens is 4. The molecule has 1 atom stereocenters. The molecule has 0 amide bonds. The predicted molar refractivity (Wildman–Crippen MR) is 74.8 cm³/mol. The lowest BCUT2D eigenvalue weighted by Crippen LogP contribution is -2.22. The summed E-state index contributed by atoms with van der Waals surface area (Å²) in [6, 6.07) is 6.02. The molecular formula is C13H18N4S. The molecule has 1 unspecified atom stereocenters. The van der Waals surface area contributed by atoms with Gasteiger partial charge in [-0.25, -0.2) is 0 Å². The highest BCUT2D eigenvalue weighted by atomic mass is 32.1. The van der Waals surface area contributed by atoms with Gasteiger partial charge in [0.2, 0.25) is 0 Å². The second kappa shape index (κ2) is 4.65. The van der Waals surface area contributed by atoms with Crippen molar-refractivity contribution < 1.29 is 0 Å². The van der Waals surface area contributed by atoms with Gasteiger partial charge in [0.05, 0.1) is 0 Å². The van der Waals surface area contributed by atoms with Crippen LogP contribution in [0.2, 0.25) is 0 Å². The third kappa shape index (κ3) is 2.36. The van der Waals surface area contributed by atoms with Gasteiger partial charge in [-0.15, -0.1) is 0 Å². The fraction of sp³-hybridized carbons (Fsp3) is 0.462. The molecule has 0 bridgehead atoms. The number of nitrogens with zero attached hydrogens (tertiary/aromatic N) is 3. The molecule has 0 aliphatic heterocycles. The highest BCUT2D eigenvalue weighted by Gasteiger charge is 2.25. The van der Waals surface area contributed by atoms with E-state index in [0.717, 1.165) is 11.5 Å². The molecule has 5 heteroatoms. The summed E-state index contributed by atoms with van der Waals surface area (Å²) in [5.41, 5.74) is 0.937. The van der Waals surface area contributed by atoms with E-state index in [2.05, 4.69) is 42.9 Å². The van der Waals surface area contributed by atoms with Crippen LogP contribution >= 0.6 is 12.2 Å². The van der Waals surface area contributed by atoms with E-state index in [9.17, 15) is 0 Å². The maximum Gasteiger partial charge on any atom is 0.195 e. The smallest absolute Gasteiger partial charge is 0.195 e. The quantitative estimate of drug-likeness (QED) is 0.841. The van der Waals surface area contributed by atoms with Crippen LogP contribution in [-0.2, 0) is 0 Å². The molecule has 0 saturated heterocycles. The number of rotatable bonds is 2. The maximum atomic E-state index is 5.34. The molecule has 0 fully saturated rings. The lowest BCUT2D eigenvalue weighted by Gasteiger charge is -2.29. The normalized spacial score (nSPS) is 13.6. The van der Waals surface area contributed by atoms with Crippen molar-refractivity contribution in [3.05, 3.63) is 29.2 Å². The van der Waals surface area contributed by atoms with E-state index >= 15 is 0 Å². The predicted octanol–water partition coefficient (Wildman–Crippen LogP) is 3.61. The number of hydrogen-bond acceptors (Lipinski definition) is 3. The molecule has 4 nitrogen and oxygen atoms in total. The maximum absolute atomic E-state index is 5.34. The van der Waals surface area contributed by atoms with Gasteiger partial charge in [0, 0.05) is 12.2 Å². The molecule has 0 saturated carbocycles. The number of hydrogen-bond donors (Lipinski definition) is 1. The average molecular weight is 262 g/mol. The summed E-state index contributed by atoms with van der Waals surface area (Å²) in [6.45, 7) is 8.72. The molecule has 2 aromatic heterocycles. The van der Waals surface area contributed by atoms with Gasteiger partial charge in [0.15, 0.2) is 10.6 Å². The summed E-state index contributed by atoms with van der Waals surface area (Å²) in [5.74, 6) is 0.794. The van der Waals surface area contributed by atoms with Gasteiger partial charge >= 0.3 is 0 Å². The number of nitrogens with one attached hydrogen (secondary N) is 1. The van der Waals surface area contributed by atoms with E-state index in [1.807, 2.05) is 22.8 Å². The molecule has 0 aliphatic rings. The van der Waals surface area contributed by atoms with Crippen LogP contribution in [0.5, 0.6) is 0 Å². The van der Waals surface area contributed by atoms with E-state index < -0.39 is 0 Å². The molecule has 0 aromatic carbocycles. The summed E-state index contributed by atoms with van der Waals surface area (Å²) in [4.78, 5) is 4.34.